The summed E-state index contributed by atoms with van der Waals surface area (Å²) < 4.78 is 27.2. The Labute approximate surface area is 141 Å². The maximum absolute atomic E-state index is 13.8. The minimum atomic E-state index is -0.438. The Balaban J connectivity index is 1.47. The molecule has 1 aromatic carbocycles. The van der Waals surface area contributed by atoms with Gasteiger partial charge in [-0.3, -0.25) is 4.79 Å². The summed E-state index contributed by atoms with van der Waals surface area (Å²) in [5, 5.41) is 3.34. The molecule has 2 fully saturated rings. The first-order valence-corrected chi connectivity index (χ1v) is 8.82. The van der Waals surface area contributed by atoms with Crippen molar-refractivity contribution in [2.45, 2.75) is 25.7 Å². The lowest BCUT2D eigenvalue weighted by molar-refractivity contribution is -0.131. The van der Waals surface area contributed by atoms with E-state index in [1.807, 2.05) is 9.80 Å². The number of nitrogens with one attached hydrogen (secondary N) is 1. The molecule has 2 saturated heterocycles. The molecule has 24 heavy (non-hydrogen) atoms. The van der Waals surface area contributed by atoms with Crippen LogP contribution in [-0.2, 0) is 4.79 Å². The number of carbonyl (C=O) groups is 1. The molecule has 0 unspecified atom stereocenters. The summed E-state index contributed by atoms with van der Waals surface area (Å²) in [4.78, 5) is 16.0. The maximum Gasteiger partial charge on any atom is 0.222 e. The Morgan fingerprint density at radius 1 is 1.12 bits per heavy atom. The van der Waals surface area contributed by atoms with Crippen LogP contribution in [0.3, 0.4) is 0 Å². The molecule has 2 heterocycles. The molecule has 1 N–H and O–H groups in total. The minimum absolute atomic E-state index is 0.188. The SMILES string of the molecule is O=C(CCC1CCNCC1)N1CCN(c2cc(F)ccc2F)CC1. The quantitative estimate of drug-likeness (QED) is 0.916. The largest absolute Gasteiger partial charge is 0.366 e. The van der Waals surface area contributed by atoms with E-state index in [-0.39, 0.29) is 11.6 Å². The molecule has 1 amide bonds. The summed E-state index contributed by atoms with van der Waals surface area (Å²) in [6.07, 6.45) is 3.86. The number of carbonyl (C=O) groups excluding carboxylic acids is 1. The third-order valence-electron chi connectivity index (χ3n) is 5.11. The number of hydrogen-bond donors (Lipinski definition) is 1. The summed E-state index contributed by atoms with van der Waals surface area (Å²) in [5.41, 5.74) is 0.289. The van der Waals surface area contributed by atoms with Crippen LogP contribution >= 0.6 is 0 Å². The van der Waals surface area contributed by atoms with Crippen molar-refractivity contribution < 1.29 is 13.6 Å². The van der Waals surface area contributed by atoms with Crippen LogP contribution in [0, 0.1) is 17.6 Å². The Kier molecular flexibility index (Phi) is 5.66. The van der Waals surface area contributed by atoms with Gasteiger partial charge in [-0.05, 0) is 50.4 Å². The zero-order valence-electron chi connectivity index (χ0n) is 13.9. The lowest BCUT2D eigenvalue weighted by atomic mass is 9.93. The van der Waals surface area contributed by atoms with Crippen LogP contribution in [0.5, 0.6) is 0 Å². The predicted octanol–water partition coefficient (Wildman–Crippen LogP) is 2.39. The Bertz CT molecular complexity index is 567. The van der Waals surface area contributed by atoms with Gasteiger partial charge in [-0.25, -0.2) is 8.78 Å². The van der Waals surface area contributed by atoms with Crippen molar-refractivity contribution in [3.63, 3.8) is 0 Å². The highest BCUT2D eigenvalue weighted by molar-refractivity contribution is 5.76. The van der Waals surface area contributed by atoms with Crippen molar-refractivity contribution in [3.8, 4) is 0 Å². The summed E-state index contributed by atoms with van der Waals surface area (Å²) in [5.74, 6) is -0.0141. The van der Waals surface area contributed by atoms with Gasteiger partial charge in [-0.2, -0.15) is 0 Å². The highest BCUT2D eigenvalue weighted by Crippen LogP contribution is 2.23. The molecule has 2 aliphatic rings. The number of anilines is 1. The van der Waals surface area contributed by atoms with E-state index in [1.54, 1.807) is 0 Å². The van der Waals surface area contributed by atoms with Gasteiger partial charge in [0.2, 0.25) is 5.91 Å². The van der Waals surface area contributed by atoms with Gasteiger partial charge in [0.15, 0.2) is 0 Å². The second kappa shape index (κ2) is 7.92. The second-order valence-corrected chi connectivity index (χ2v) is 6.70. The van der Waals surface area contributed by atoms with Gasteiger partial charge in [0.25, 0.3) is 0 Å². The molecule has 0 bridgehead atoms. The van der Waals surface area contributed by atoms with E-state index in [1.165, 1.54) is 6.07 Å². The average molecular weight is 337 g/mol. The number of halogens is 2. The molecule has 0 spiro atoms. The summed E-state index contributed by atoms with van der Waals surface area (Å²) in [7, 11) is 0. The first-order chi connectivity index (χ1) is 11.6. The van der Waals surface area contributed by atoms with Crippen molar-refractivity contribution in [2.75, 3.05) is 44.2 Å². The fourth-order valence-electron chi connectivity index (χ4n) is 3.58. The second-order valence-electron chi connectivity index (χ2n) is 6.70. The van der Waals surface area contributed by atoms with Crippen LogP contribution < -0.4 is 10.2 Å². The molecule has 0 radical (unpaired) electrons. The van der Waals surface area contributed by atoms with Gasteiger partial charge in [-0.1, -0.05) is 0 Å². The van der Waals surface area contributed by atoms with Gasteiger partial charge in [0.05, 0.1) is 5.69 Å². The zero-order chi connectivity index (χ0) is 16.9. The zero-order valence-corrected chi connectivity index (χ0v) is 13.9. The number of rotatable bonds is 4. The number of hydrogen-bond acceptors (Lipinski definition) is 3. The lowest BCUT2D eigenvalue weighted by Crippen LogP contribution is -2.49. The number of benzene rings is 1. The van der Waals surface area contributed by atoms with Crippen molar-refractivity contribution >= 4 is 11.6 Å². The fraction of sp³-hybridized carbons (Fsp3) is 0.611. The van der Waals surface area contributed by atoms with E-state index in [4.69, 9.17) is 0 Å². The van der Waals surface area contributed by atoms with E-state index in [2.05, 4.69) is 5.32 Å². The molecule has 1 aromatic rings. The topological polar surface area (TPSA) is 35.6 Å². The van der Waals surface area contributed by atoms with Gasteiger partial charge in [-0.15, -0.1) is 0 Å². The van der Waals surface area contributed by atoms with E-state index < -0.39 is 11.6 Å². The van der Waals surface area contributed by atoms with Crippen LogP contribution in [0.1, 0.15) is 25.7 Å². The van der Waals surface area contributed by atoms with Crippen LogP contribution in [-0.4, -0.2) is 50.1 Å². The molecule has 0 aliphatic carbocycles. The molecule has 2 aliphatic heterocycles. The molecular formula is C18H25F2N3O. The van der Waals surface area contributed by atoms with Gasteiger partial charge in [0, 0.05) is 38.7 Å². The van der Waals surface area contributed by atoms with Crippen molar-refractivity contribution in [3.05, 3.63) is 29.8 Å². The molecule has 3 rings (SSSR count). The molecule has 0 atom stereocenters. The molecule has 0 saturated carbocycles. The molecule has 132 valence electrons. The first-order valence-electron chi connectivity index (χ1n) is 8.82. The third kappa shape index (κ3) is 4.23. The monoisotopic (exact) mass is 337 g/mol. The van der Waals surface area contributed by atoms with Gasteiger partial charge in [0.1, 0.15) is 11.6 Å². The third-order valence-corrected chi connectivity index (χ3v) is 5.11. The van der Waals surface area contributed by atoms with Crippen LogP contribution in [0.2, 0.25) is 0 Å². The summed E-state index contributed by atoms with van der Waals surface area (Å²) >= 11 is 0. The van der Waals surface area contributed by atoms with E-state index in [9.17, 15) is 13.6 Å². The van der Waals surface area contributed by atoms with E-state index in [0.717, 1.165) is 44.5 Å². The van der Waals surface area contributed by atoms with Crippen molar-refractivity contribution in [1.29, 1.82) is 0 Å². The smallest absolute Gasteiger partial charge is 0.222 e. The summed E-state index contributed by atoms with van der Waals surface area (Å²) in [6, 6.07) is 3.50. The average Bonchev–Trinajstić information content (AvgIpc) is 2.63. The van der Waals surface area contributed by atoms with Crippen molar-refractivity contribution in [2.24, 2.45) is 5.92 Å². The highest BCUT2D eigenvalue weighted by Gasteiger charge is 2.24. The van der Waals surface area contributed by atoms with Crippen LogP contribution in [0.25, 0.3) is 0 Å². The normalized spacial score (nSPS) is 19.6. The Morgan fingerprint density at radius 2 is 1.83 bits per heavy atom. The van der Waals surface area contributed by atoms with Crippen molar-refractivity contribution in [1.82, 2.24) is 10.2 Å². The van der Waals surface area contributed by atoms with Gasteiger partial charge < -0.3 is 15.1 Å². The predicted molar refractivity (Wildman–Crippen MR) is 90.0 cm³/mol. The van der Waals surface area contributed by atoms with Crippen LogP contribution in [0.4, 0.5) is 14.5 Å². The van der Waals surface area contributed by atoms with E-state index in [0.29, 0.717) is 38.5 Å². The molecule has 6 heteroatoms. The number of piperazine rings is 1. The molecule has 0 aromatic heterocycles. The van der Waals surface area contributed by atoms with Gasteiger partial charge >= 0.3 is 0 Å². The standard InChI is InChI=1S/C18H25F2N3O/c19-15-2-3-16(20)17(13-15)22-9-11-23(12-10-22)18(24)4-1-14-5-7-21-8-6-14/h2-3,13-14,21H,1,4-12H2. The summed E-state index contributed by atoms with van der Waals surface area (Å²) in [6.45, 7) is 4.33. The maximum atomic E-state index is 13.8. The number of piperidine rings is 1. The molecular weight excluding hydrogens is 312 g/mol. The first kappa shape index (κ1) is 17.1. The lowest BCUT2D eigenvalue weighted by Gasteiger charge is -2.36. The minimum Gasteiger partial charge on any atom is -0.366 e. The van der Waals surface area contributed by atoms with Crippen LogP contribution in [0.15, 0.2) is 18.2 Å². The number of nitrogens with zero attached hydrogens (tertiary/aromatic N) is 2. The van der Waals surface area contributed by atoms with E-state index >= 15 is 0 Å². The molecule has 4 nitrogen and oxygen atoms in total. The Morgan fingerprint density at radius 3 is 2.54 bits per heavy atom. The highest BCUT2D eigenvalue weighted by atomic mass is 19.1. The Hall–Kier alpha value is -1.69. The number of amides is 1. The fourth-order valence-corrected chi connectivity index (χ4v) is 3.58.